The summed E-state index contributed by atoms with van der Waals surface area (Å²) in [6.07, 6.45) is 1.26. The molecule has 2 N–H and O–H groups in total. The maximum Gasteiger partial charge on any atom is 0.274 e. The third-order valence-electron chi connectivity index (χ3n) is 3.43. The lowest BCUT2D eigenvalue weighted by atomic mass is 10.2. The smallest absolute Gasteiger partial charge is 0.274 e. The van der Waals surface area contributed by atoms with Crippen molar-refractivity contribution in [3.8, 4) is 0 Å². The maximum atomic E-state index is 13.7. The molecule has 0 saturated carbocycles. The van der Waals surface area contributed by atoms with Gasteiger partial charge in [-0.25, -0.2) is 17.6 Å². The summed E-state index contributed by atoms with van der Waals surface area (Å²) in [5.74, 6) is -5.61. The Morgan fingerprint density at radius 1 is 0.846 bits per heavy atom. The number of pyridine rings is 1. The molecule has 0 aliphatic heterocycles. The first-order chi connectivity index (χ1) is 12.5. The van der Waals surface area contributed by atoms with Gasteiger partial charge in [-0.2, -0.15) is 0 Å². The van der Waals surface area contributed by atoms with E-state index in [2.05, 4.69) is 15.6 Å². The average Bonchev–Trinajstić information content (AvgIpc) is 2.64. The fraction of sp³-hybridized carbons (Fsp3) is 0. The van der Waals surface area contributed by atoms with Gasteiger partial charge in [0.05, 0.1) is 11.4 Å². The summed E-state index contributed by atoms with van der Waals surface area (Å²) in [5.41, 5.74) is -0.204. The van der Waals surface area contributed by atoms with E-state index >= 15 is 0 Å². The number of benzene rings is 2. The van der Waals surface area contributed by atoms with E-state index in [9.17, 15) is 22.4 Å². The minimum atomic E-state index is -1.61. The Morgan fingerprint density at radius 3 is 2.38 bits per heavy atom. The highest BCUT2D eigenvalue weighted by atomic mass is 19.2. The number of nitrogens with zero attached hydrogens (tertiary/aromatic N) is 1. The summed E-state index contributed by atoms with van der Waals surface area (Å²) in [6, 6.07) is 10.1. The molecule has 0 aliphatic rings. The Bertz CT molecular complexity index is 978. The first-order valence-electron chi connectivity index (χ1n) is 7.38. The number of carbonyl (C=O) groups excluding carboxylic acids is 1. The van der Waals surface area contributed by atoms with Crippen molar-refractivity contribution in [3.63, 3.8) is 0 Å². The highest BCUT2D eigenvalue weighted by Gasteiger charge is 2.15. The summed E-state index contributed by atoms with van der Waals surface area (Å²) >= 11 is 0. The van der Waals surface area contributed by atoms with Gasteiger partial charge >= 0.3 is 0 Å². The Labute approximate surface area is 145 Å². The monoisotopic (exact) mass is 361 g/mol. The number of halogens is 4. The molecule has 0 atom stereocenters. The molecule has 0 saturated heterocycles. The van der Waals surface area contributed by atoms with Gasteiger partial charge in [-0.3, -0.25) is 9.78 Å². The normalized spacial score (nSPS) is 10.5. The fourth-order valence-electron chi connectivity index (χ4n) is 2.16. The molecule has 26 heavy (non-hydrogen) atoms. The summed E-state index contributed by atoms with van der Waals surface area (Å²) in [5, 5.41) is 4.89. The van der Waals surface area contributed by atoms with Crippen LogP contribution in [0.2, 0.25) is 0 Å². The molecule has 0 bridgehead atoms. The average molecular weight is 361 g/mol. The second-order valence-electron chi connectivity index (χ2n) is 5.21. The van der Waals surface area contributed by atoms with Crippen LogP contribution in [0.4, 0.5) is 34.6 Å². The molecule has 132 valence electrons. The van der Waals surface area contributed by atoms with Gasteiger partial charge in [0.25, 0.3) is 5.91 Å². The van der Waals surface area contributed by atoms with Crippen molar-refractivity contribution in [1.82, 2.24) is 4.98 Å². The lowest BCUT2D eigenvalue weighted by molar-refractivity contribution is 0.102. The number of rotatable bonds is 4. The zero-order valence-electron chi connectivity index (χ0n) is 13.1. The van der Waals surface area contributed by atoms with Crippen LogP contribution < -0.4 is 10.6 Å². The van der Waals surface area contributed by atoms with Crippen molar-refractivity contribution in [2.75, 3.05) is 10.6 Å². The number of para-hydroxylation sites is 1. The van der Waals surface area contributed by atoms with Crippen LogP contribution in [0.3, 0.4) is 0 Å². The van der Waals surface area contributed by atoms with E-state index in [0.29, 0.717) is 0 Å². The third-order valence-corrected chi connectivity index (χ3v) is 3.43. The van der Waals surface area contributed by atoms with Gasteiger partial charge in [0, 0.05) is 11.9 Å². The molecule has 3 rings (SSSR count). The molecule has 0 spiro atoms. The molecule has 0 unspecified atom stereocenters. The highest BCUT2D eigenvalue weighted by Crippen LogP contribution is 2.24. The number of nitrogens with one attached hydrogen (secondary N) is 2. The standard InChI is InChI=1S/C18H11F4N3O/c19-11-3-1-2-4-13(11)25-18(26)15-9-10(7-8-23-15)24-14-6-5-12(20)16(21)17(14)22/h1-9H,(H,23,24)(H,25,26). The van der Waals surface area contributed by atoms with Crippen LogP contribution in [0.15, 0.2) is 54.7 Å². The Balaban J connectivity index is 1.81. The van der Waals surface area contributed by atoms with Crippen molar-refractivity contribution >= 4 is 23.0 Å². The lowest BCUT2D eigenvalue weighted by Crippen LogP contribution is -2.14. The molecule has 3 aromatic rings. The third kappa shape index (κ3) is 3.64. The van der Waals surface area contributed by atoms with E-state index in [0.717, 1.165) is 12.1 Å². The fourth-order valence-corrected chi connectivity index (χ4v) is 2.16. The van der Waals surface area contributed by atoms with Crippen molar-refractivity contribution < 1.29 is 22.4 Å². The van der Waals surface area contributed by atoms with Gasteiger partial charge in [0.1, 0.15) is 11.5 Å². The van der Waals surface area contributed by atoms with Gasteiger partial charge in [-0.05, 0) is 36.4 Å². The Morgan fingerprint density at radius 2 is 1.62 bits per heavy atom. The molecular formula is C18H11F4N3O. The SMILES string of the molecule is O=C(Nc1ccccc1F)c1cc(Nc2ccc(F)c(F)c2F)ccn1. The molecule has 1 heterocycles. The number of carbonyl (C=O) groups is 1. The van der Waals surface area contributed by atoms with E-state index in [1.165, 1.54) is 36.5 Å². The summed E-state index contributed by atoms with van der Waals surface area (Å²) in [6.45, 7) is 0. The minimum absolute atomic E-state index is 0.0238. The van der Waals surface area contributed by atoms with E-state index in [4.69, 9.17) is 0 Å². The van der Waals surface area contributed by atoms with E-state index in [1.807, 2.05) is 0 Å². The van der Waals surface area contributed by atoms with Crippen LogP contribution in [-0.4, -0.2) is 10.9 Å². The number of anilines is 3. The van der Waals surface area contributed by atoms with E-state index in [1.54, 1.807) is 6.07 Å². The Hall–Kier alpha value is -3.42. The van der Waals surface area contributed by atoms with Crippen LogP contribution in [0.1, 0.15) is 10.5 Å². The topological polar surface area (TPSA) is 54.0 Å². The number of hydrogen-bond acceptors (Lipinski definition) is 3. The number of amides is 1. The summed E-state index contributed by atoms with van der Waals surface area (Å²) in [4.78, 5) is 16.0. The molecule has 0 aliphatic carbocycles. The number of aromatic nitrogens is 1. The minimum Gasteiger partial charge on any atom is -0.353 e. The molecule has 0 radical (unpaired) electrons. The second-order valence-corrected chi connectivity index (χ2v) is 5.21. The lowest BCUT2D eigenvalue weighted by Gasteiger charge is -2.10. The molecule has 8 heteroatoms. The largest absolute Gasteiger partial charge is 0.353 e. The van der Waals surface area contributed by atoms with Gasteiger partial charge in [0.2, 0.25) is 0 Å². The molecule has 1 amide bonds. The molecule has 0 fully saturated rings. The van der Waals surface area contributed by atoms with Crippen LogP contribution in [0.5, 0.6) is 0 Å². The Kier molecular flexibility index (Phi) is 4.83. The quantitative estimate of drug-likeness (QED) is 0.526. The van der Waals surface area contributed by atoms with Crippen LogP contribution in [0, 0.1) is 23.3 Å². The molecule has 4 nitrogen and oxygen atoms in total. The number of hydrogen-bond donors (Lipinski definition) is 2. The molecule has 1 aromatic heterocycles. The van der Waals surface area contributed by atoms with Gasteiger partial charge < -0.3 is 10.6 Å². The maximum absolute atomic E-state index is 13.7. The van der Waals surface area contributed by atoms with Crippen molar-refractivity contribution in [2.45, 2.75) is 0 Å². The van der Waals surface area contributed by atoms with Crippen LogP contribution >= 0.6 is 0 Å². The summed E-state index contributed by atoms with van der Waals surface area (Å²) < 4.78 is 53.6. The van der Waals surface area contributed by atoms with Crippen molar-refractivity contribution in [2.24, 2.45) is 0 Å². The van der Waals surface area contributed by atoms with Gasteiger partial charge in [-0.15, -0.1) is 0 Å². The first kappa shape index (κ1) is 17.4. The van der Waals surface area contributed by atoms with Crippen LogP contribution in [-0.2, 0) is 0 Å². The van der Waals surface area contributed by atoms with Gasteiger partial charge in [-0.1, -0.05) is 12.1 Å². The molecular weight excluding hydrogens is 350 g/mol. The summed E-state index contributed by atoms with van der Waals surface area (Å²) in [7, 11) is 0. The van der Waals surface area contributed by atoms with E-state index < -0.39 is 29.2 Å². The predicted octanol–water partition coefficient (Wildman–Crippen LogP) is 4.63. The zero-order chi connectivity index (χ0) is 18.7. The van der Waals surface area contributed by atoms with Gasteiger partial charge in [0.15, 0.2) is 17.5 Å². The predicted molar refractivity (Wildman–Crippen MR) is 88.2 cm³/mol. The van der Waals surface area contributed by atoms with Crippen molar-refractivity contribution in [3.05, 3.63) is 83.7 Å². The molecule has 2 aromatic carbocycles. The first-order valence-corrected chi connectivity index (χ1v) is 7.38. The second kappa shape index (κ2) is 7.22. The van der Waals surface area contributed by atoms with E-state index in [-0.39, 0.29) is 22.8 Å². The van der Waals surface area contributed by atoms with Crippen LogP contribution in [0.25, 0.3) is 0 Å². The zero-order valence-corrected chi connectivity index (χ0v) is 13.1. The highest BCUT2D eigenvalue weighted by molar-refractivity contribution is 6.03. The van der Waals surface area contributed by atoms with Crippen molar-refractivity contribution in [1.29, 1.82) is 0 Å².